The lowest BCUT2D eigenvalue weighted by atomic mass is 10.2. The second-order valence-electron chi connectivity index (χ2n) is 3.40. The van der Waals surface area contributed by atoms with Crippen molar-refractivity contribution >= 4 is 18.4 Å². The first-order valence-corrected chi connectivity index (χ1v) is 4.73. The Kier molecular flexibility index (Phi) is 7.00. The van der Waals surface area contributed by atoms with Crippen molar-refractivity contribution in [3.8, 4) is 0 Å². The average molecular weight is 208 g/mol. The molecule has 1 rings (SSSR count). The van der Waals surface area contributed by atoms with Crippen LogP contribution in [0.2, 0.25) is 0 Å². The number of hydrogen-bond donors (Lipinski definition) is 1. The number of carboxylic acid groups (broad SMARTS) is 1. The number of carbonyl (C=O) groups is 1. The summed E-state index contributed by atoms with van der Waals surface area (Å²) in [7, 11) is 0. The van der Waals surface area contributed by atoms with Crippen molar-refractivity contribution in [3.63, 3.8) is 0 Å². The minimum Gasteiger partial charge on any atom is -0.481 e. The minimum absolute atomic E-state index is 0. The summed E-state index contributed by atoms with van der Waals surface area (Å²) in [6.45, 7) is 2.91. The van der Waals surface area contributed by atoms with Gasteiger partial charge in [-0.2, -0.15) is 0 Å². The SMILES string of the molecule is Cl.O=C(O)CCN1CCCCCC1. The van der Waals surface area contributed by atoms with Crippen LogP contribution in [0.15, 0.2) is 0 Å². The third kappa shape index (κ3) is 5.88. The van der Waals surface area contributed by atoms with Crippen LogP contribution in [-0.4, -0.2) is 35.6 Å². The molecule has 0 spiro atoms. The number of nitrogens with zero attached hydrogens (tertiary/aromatic N) is 1. The number of carboxylic acids is 1. The van der Waals surface area contributed by atoms with Crippen LogP contribution in [-0.2, 0) is 4.79 Å². The molecule has 1 N–H and O–H groups in total. The second-order valence-corrected chi connectivity index (χ2v) is 3.40. The zero-order valence-electron chi connectivity index (χ0n) is 7.87. The maximum absolute atomic E-state index is 10.3. The molecule has 0 aliphatic carbocycles. The highest BCUT2D eigenvalue weighted by atomic mass is 35.5. The highest BCUT2D eigenvalue weighted by molar-refractivity contribution is 5.85. The van der Waals surface area contributed by atoms with E-state index < -0.39 is 5.97 Å². The maximum atomic E-state index is 10.3. The fourth-order valence-corrected chi connectivity index (χ4v) is 1.61. The van der Waals surface area contributed by atoms with Crippen molar-refractivity contribution in [3.05, 3.63) is 0 Å². The molecule has 78 valence electrons. The maximum Gasteiger partial charge on any atom is 0.304 e. The topological polar surface area (TPSA) is 40.5 Å². The van der Waals surface area contributed by atoms with E-state index in [4.69, 9.17) is 5.11 Å². The Hall–Kier alpha value is -0.280. The molecule has 1 fully saturated rings. The molecule has 1 aliphatic rings. The fourth-order valence-electron chi connectivity index (χ4n) is 1.61. The number of hydrogen-bond acceptors (Lipinski definition) is 2. The van der Waals surface area contributed by atoms with E-state index in [2.05, 4.69) is 4.90 Å². The molecule has 0 atom stereocenters. The van der Waals surface area contributed by atoms with Crippen LogP contribution in [0.4, 0.5) is 0 Å². The smallest absolute Gasteiger partial charge is 0.304 e. The molecule has 0 bridgehead atoms. The van der Waals surface area contributed by atoms with Gasteiger partial charge in [-0.1, -0.05) is 12.8 Å². The lowest BCUT2D eigenvalue weighted by molar-refractivity contribution is -0.137. The molecule has 0 aromatic rings. The van der Waals surface area contributed by atoms with E-state index in [0.717, 1.165) is 19.6 Å². The van der Waals surface area contributed by atoms with Gasteiger partial charge in [-0.05, 0) is 25.9 Å². The van der Waals surface area contributed by atoms with Crippen molar-refractivity contribution in [2.45, 2.75) is 32.1 Å². The molecule has 1 saturated heterocycles. The van der Waals surface area contributed by atoms with Gasteiger partial charge >= 0.3 is 5.97 Å². The van der Waals surface area contributed by atoms with Gasteiger partial charge in [0.15, 0.2) is 0 Å². The van der Waals surface area contributed by atoms with Gasteiger partial charge < -0.3 is 10.0 Å². The molecular weight excluding hydrogens is 190 g/mol. The molecule has 0 aromatic carbocycles. The molecular formula is C9H18ClNO2. The fraction of sp³-hybridized carbons (Fsp3) is 0.889. The van der Waals surface area contributed by atoms with E-state index in [-0.39, 0.29) is 12.4 Å². The Bertz CT molecular complexity index is 145. The first-order valence-electron chi connectivity index (χ1n) is 4.73. The number of halogens is 1. The Morgan fingerprint density at radius 1 is 1.15 bits per heavy atom. The molecule has 0 radical (unpaired) electrons. The van der Waals surface area contributed by atoms with E-state index in [1.807, 2.05) is 0 Å². The molecule has 0 amide bonds. The van der Waals surface area contributed by atoms with Crippen LogP contribution >= 0.6 is 12.4 Å². The average Bonchev–Trinajstić information content (AvgIpc) is 2.28. The molecule has 0 unspecified atom stereocenters. The third-order valence-corrected chi connectivity index (χ3v) is 2.34. The van der Waals surface area contributed by atoms with Crippen LogP contribution < -0.4 is 0 Å². The molecule has 3 nitrogen and oxygen atoms in total. The summed E-state index contributed by atoms with van der Waals surface area (Å²) in [5, 5.41) is 8.49. The van der Waals surface area contributed by atoms with Crippen molar-refractivity contribution in [2.75, 3.05) is 19.6 Å². The van der Waals surface area contributed by atoms with Gasteiger partial charge in [-0.15, -0.1) is 12.4 Å². The van der Waals surface area contributed by atoms with Gasteiger partial charge in [0.2, 0.25) is 0 Å². The molecule has 0 saturated carbocycles. The van der Waals surface area contributed by atoms with Crippen LogP contribution in [0.1, 0.15) is 32.1 Å². The van der Waals surface area contributed by atoms with Gasteiger partial charge in [0.1, 0.15) is 0 Å². The molecule has 1 heterocycles. The van der Waals surface area contributed by atoms with Crippen molar-refractivity contribution < 1.29 is 9.90 Å². The van der Waals surface area contributed by atoms with Gasteiger partial charge in [0.25, 0.3) is 0 Å². The lowest BCUT2D eigenvalue weighted by Crippen LogP contribution is -2.27. The normalized spacial score (nSPS) is 18.8. The highest BCUT2D eigenvalue weighted by Gasteiger charge is 2.09. The number of likely N-dealkylation sites (tertiary alicyclic amines) is 1. The van der Waals surface area contributed by atoms with E-state index in [1.54, 1.807) is 0 Å². The zero-order chi connectivity index (χ0) is 8.81. The third-order valence-electron chi connectivity index (χ3n) is 2.34. The first kappa shape index (κ1) is 12.7. The minimum atomic E-state index is -0.681. The van der Waals surface area contributed by atoms with Crippen molar-refractivity contribution in [2.24, 2.45) is 0 Å². The summed E-state index contributed by atoms with van der Waals surface area (Å²) in [6, 6.07) is 0. The Morgan fingerprint density at radius 2 is 1.69 bits per heavy atom. The van der Waals surface area contributed by atoms with Gasteiger partial charge in [0.05, 0.1) is 6.42 Å². The number of aliphatic carboxylic acids is 1. The van der Waals surface area contributed by atoms with E-state index in [1.165, 1.54) is 25.7 Å². The summed E-state index contributed by atoms with van der Waals surface area (Å²) < 4.78 is 0. The largest absolute Gasteiger partial charge is 0.481 e. The summed E-state index contributed by atoms with van der Waals surface area (Å²) >= 11 is 0. The van der Waals surface area contributed by atoms with Crippen molar-refractivity contribution in [1.82, 2.24) is 4.90 Å². The van der Waals surface area contributed by atoms with Gasteiger partial charge in [-0.3, -0.25) is 4.79 Å². The first-order chi connectivity index (χ1) is 5.79. The Balaban J connectivity index is 0.00000144. The summed E-state index contributed by atoms with van der Waals surface area (Å²) in [6.07, 6.45) is 5.38. The highest BCUT2D eigenvalue weighted by Crippen LogP contribution is 2.09. The predicted octanol–water partition coefficient (Wildman–Crippen LogP) is 1.76. The van der Waals surface area contributed by atoms with Crippen LogP contribution in [0, 0.1) is 0 Å². The molecule has 0 aromatic heterocycles. The van der Waals surface area contributed by atoms with Gasteiger partial charge in [0, 0.05) is 6.54 Å². The van der Waals surface area contributed by atoms with Crippen molar-refractivity contribution in [1.29, 1.82) is 0 Å². The summed E-state index contributed by atoms with van der Waals surface area (Å²) in [5.41, 5.74) is 0. The quantitative estimate of drug-likeness (QED) is 0.767. The van der Waals surface area contributed by atoms with Crippen LogP contribution in [0.3, 0.4) is 0 Å². The second kappa shape index (κ2) is 7.15. The van der Waals surface area contributed by atoms with Crippen LogP contribution in [0.5, 0.6) is 0 Å². The zero-order valence-corrected chi connectivity index (χ0v) is 8.68. The van der Waals surface area contributed by atoms with E-state index in [9.17, 15) is 4.79 Å². The summed E-state index contributed by atoms with van der Waals surface area (Å²) in [5.74, 6) is -0.681. The van der Waals surface area contributed by atoms with E-state index in [0.29, 0.717) is 6.42 Å². The Morgan fingerprint density at radius 3 is 2.15 bits per heavy atom. The number of rotatable bonds is 3. The standard InChI is InChI=1S/C9H17NO2.ClH/c11-9(12)5-8-10-6-3-1-2-4-7-10;/h1-8H2,(H,11,12);1H. The summed E-state index contributed by atoms with van der Waals surface area (Å²) in [4.78, 5) is 12.6. The molecule has 4 heteroatoms. The van der Waals surface area contributed by atoms with Crippen LogP contribution in [0.25, 0.3) is 0 Å². The molecule has 13 heavy (non-hydrogen) atoms. The predicted molar refractivity (Wildman–Crippen MR) is 54.4 cm³/mol. The monoisotopic (exact) mass is 207 g/mol. The Labute approximate surface area is 85.5 Å². The molecule has 1 aliphatic heterocycles. The lowest BCUT2D eigenvalue weighted by Gasteiger charge is -2.17. The van der Waals surface area contributed by atoms with E-state index >= 15 is 0 Å². The van der Waals surface area contributed by atoms with Gasteiger partial charge in [-0.25, -0.2) is 0 Å².